The molecule has 1 aromatic heterocycles. The highest BCUT2D eigenvalue weighted by molar-refractivity contribution is 5.22. The van der Waals surface area contributed by atoms with Gasteiger partial charge in [-0.3, -0.25) is 4.90 Å². The number of aryl methyl sites for hydroxylation is 1. The molecule has 0 N–H and O–H groups in total. The molecule has 1 aliphatic heterocycles. The van der Waals surface area contributed by atoms with Crippen molar-refractivity contribution < 1.29 is 9.13 Å². The molecule has 2 heterocycles. The first kappa shape index (κ1) is 17.8. The van der Waals surface area contributed by atoms with Gasteiger partial charge in [-0.25, -0.2) is 14.4 Å². The SMILES string of the molecule is CCCc1ncc(CN2CCCC(COc3ccc(F)cc3)C2)cn1. The summed E-state index contributed by atoms with van der Waals surface area (Å²) in [6.45, 7) is 5.81. The molecule has 3 rings (SSSR count). The van der Waals surface area contributed by atoms with Crippen molar-refractivity contribution in [1.82, 2.24) is 14.9 Å². The summed E-state index contributed by atoms with van der Waals surface area (Å²) >= 11 is 0. The maximum absolute atomic E-state index is 12.9. The zero-order valence-electron chi connectivity index (χ0n) is 14.8. The van der Waals surface area contributed by atoms with Crippen LogP contribution in [-0.4, -0.2) is 34.6 Å². The Kier molecular flexibility index (Phi) is 6.34. The molecule has 1 saturated heterocycles. The quantitative estimate of drug-likeness (QED) is 0.765. The summed E-state index contributed by atoms with van der Waals surface area (Å²) in [6, 6.07) is 6.24. The van der Waals surface area contributed by atoms with Crippen molar-refractivity contribution in [2.45, 2.75) is 39.2 Å². The maximum atomic E-state index is 12.9. The highest BCUT2D eigenvalue weighted by atomic mass is 19.1. The van der Waals surface area contributed by atoms with Crippen LogP contribution in [0, 0.1) is 11.7 Å². The highest BCUT2D eigenvalue weighted by Crippen LogP contribution is 2.20. The predicted molar refractivity (Wildman–Crippen MR) is 95.9 cm³/mol. The fourth-order valence-corrected chi connectivity index (χ4v) is 3.25. The molecule has 5 heteroatoms. The van der Waals surface area contributed by atoms with E-state index in [1.165, 1.54) is 30.5 Å². The lowest BCUT2D eigenvalue weighted by Crippen LogP contribution is -2.37. The third kappa shape index (κ3) is 5.49. The van der Waals surface area contributed by atoms with Crippen LogP contribution in [-0.2, 0) is 13.0 Å². The number of nitrogens with zero attached hydrogens (tertiary/aromatic N) is 3. The highest BCUT2D eigenvalue weighted by Gasteiger charge is 2.20. The zero-order valence-corrected chi connectivity index (χ0v) is 14.8. The normalized spacial score (nSPS) is 18.2. The van der Waals surface area contributed by atoms with Gasteiger partial charge in [-0.05, 0) is 50.1 Å². The van der Waals surface area contributed by atoms with Gasteiger partial charge in [0.15, 0.2) is 0 Å². The first-order valence-electron chi connectivity index (χ1n) is 9.13. The number of hydrogen-bond donors (Lipinski definition) is 0. The molecule has 1 fully saturated rings. The summed E-state index contributed by atoms with van der Waals surface area (Å²) < 4.78 is 18.8. The van der Waals surface area contributed by atoms with Crippen molar-refractivity contribution in [1.29, 1.82) is 0 Å². The van der Waals surface area contributed by atoms with Gasteiger partial charge in [0.2, 0.25) is 0 Å². The van der Waals surface area contributed by atoms with Gasteiger partial charge < -0.3 is 4.74 Å². The van der Waals surface area contributed by atoms with E-state index in [0.29, 0.717) is 12.5 Å². The van der Waals surface area contributed by atoms with E-state index >= 15 is 0 Å². The summed E-state index contributed by atoms with van der Waals surface area (Å²) in [5.41, 5.74) is 1.17. The van der Waals surface area contributed by atoms with Crippen LogP contribution in [0.25, 0.3) is 0 Å². The van der Waals surface area contributed by atoms with E-state index < -0.39 is 0 Å². The Morgan fingerprint density at radius 2 is 1.96 bits per heavy atom. The second kappa shape index (κ2) is 8.90. The van der Waals surface area contributed by atoms with E-state index in [9.17, 15) is 4.39 Å². The number of rotatable bonds is 7. The zero-order chi connectivity index (χ0) is 17.5. The fraction of sp³-hybridized carbons (Fsp3) is 0.500. The largest absolute Gasteiger partial charge is 0.493 e. The lowest BCUT2D eigenvalue weighted by Gasteiger charge is -2.32. The second-order valence-corrected chi connectivity index (χ2v) is 6.77. The smallest absolute Gasteiger partial charge is 0.128 e. The van der Waals surface area contributed by atoms with E-state index in [2.05, 4.69) is 21.8 Å². The maximum Gasteiger partial charge on any atom is 0.128 e. The molecule has 4 nitrogen and oxygen atoms in total. The van der Waals surface area contributed by atoms with Crippen molar-refractivity contribution in [3.05, 3.63) is 53.9 Å². The van der Waals surface area contributed by atoms with E-state index in [1.807, 2.05) is 12.4 Å². The molecule has 25 heavy (non-hydrogen) atoms. The topological polar surface area (TPSA) is 38.2 Å². The van der Waals surface area contributed by atoms with Crippen molar-refractivity contribution in [2.75, 3.05) is 19.7 Å². The number of hydrogen-bond acceptors (Lipinski definition) is 4. The molecule has 1 aliphatic rings. The standard InChI is InChI=1S/C20H26FN3O/c1-2-4-20-22-11-17(12-23-20)14-24-10-3-5-16(13-24)15-25-19-8-6-18(21)7-9-19/h6-9,11-12,16H,2-5,10,13-15H2,1H3. The number of benzene rings is 1. The van der Waals surface area contributed by atoms with Crippen LogP contribution in [0.5, 0.6) is 5.75 Å². The first-order valence-corrected chi connectivity index (χ1v) is 9.13. The van der Waals surface area contributed by atoms with Gasteiger partial charge in [0.05, 0.1) is 6.61 Å². The van der Waals surface area contributed by atoms with Crippen molar-refractivity contribution in [3.8, 4) is 5.75 Å². The minimum absolute atomic E-state index is 0.233. The van der Waals surface area contributed by atoms with E-state index in [4.69, 9.17) is 4.74 Å². The summed E-state index contributed by atoms with van der Waals surface area (Å²) in [7, 11) is 0. The van der Waals surface area contributed by atoms with Crippen LogP contribution in [0.2, 0.25) is 0 Å². The molecule has 0 saturated carbocycles. The number of piperidine rings is 1. The Bertz CT molecular complexity index is 645. The molecule has 0 aliphatic carbocycles. The van der Waals surface area contributed by atoms with E-state index in [0.717, 1.165) is 44.0 Å². The molecule has 0 radical (unpaired) electrons. The Morgan fingerprint density at radius 1 is 1.20 bits per heavy atom. The van der Waals surface area contributed by atoms with Gasteiger partial charge in [0.1, 0.15) is 17.4 Å². The third-order valence-electron chi connectivity index (χ3n) is 4.54. The van der Waals surface area contributed by atoms with E-state index in [1.54, 1.807) is 12.1 Å². The lowest BCUT2D eigenvalue weighted by atomic mass is 9.98. The average Bonchev–Trinajstić information content (AvgIpc) is 2.64. The lowest BCUT2D eigenvalue weighted by molar-refractivity contribution is 0.125. The van der Waals surface area contributed by atoms with Gasteiger partial charge in [-0.1, -0.05) is 6.92 Å². The van der Waals surface area contributed by atoms with E-state index in [-0.39, 0.29) is 5.82 Å². The minimum atomic E-state index is -0.233. The fourth-order valence-electron chi connectivity index (χ4n) is 3.25. The molecular formula is C20H26FN3O. The van der Waals surface area contributed by atoms with Crippen molar-refractivity contribution in [3.63, 3.8) is 0 Å². The minimum Gasteiger partial charge on any atom is -0.493 e. The van der Waals surface area contributed by atoms with Crippen LogP contribution in [0.4, 0.5) is 4.39 Å². The Morgan fingerprint density at radius 3 is 2.68 bits per heavy atom. The van der Waals surface area contributed by atoms with Crippen LogP contribution < -0.4 is 4.74 Å². The van der Waals surface area contributed by atoms with Crippen LogP contribution >= 0.6 is 0 Å². The Hall–Kier alpha value is -2.01. The molecule has 0 bridgehead atoms. The first-order chi connectivity index (χ1) is 12.2. The number of halogens is 1. The Labute approximate surface area is 149 Å². The van der Waals surface area contributed by atoms with Gasteiger partial charge >= 0.3 is 0 Å². The molecule has 1 aromatic carbocycles. The monoisotopic (exact) mass is 343 g/mol. The van der Waals surface area contributed by atoms with Gasteiger partial charge in [0.25, 0.3) is 0 Å². The van der Waals surface area contributed by atoms with Crippen molar-refractivity contribution in [2.24, 2.45) is 5.92 Å². The third-order valence-corrected chi connectivity index (χ3v) is 4.54. The van der Waals surface area contributed by atoms with Gasteiger partial charge in [-0.2, -0.15) is 0 Å². The molecule has 1 atom stereocenters. The van der Waals surface area contributed by atoms with Crippen molar-refractivity contribution >= 4 is 0 Å². The van der Waals surface area contributed by atoms with Gasteiger partial charge in [0, 0.05) is 43.4 Å². The number of aromatic nitrogens is 2. The molecular weight excluding hydrogens is 317 g/mol. The molecule has 1 unspecified atom stereocenters. The molecule has 0 spiro atoms. The second-order valence-electron chi connectivity index (χ2n) is 6.77. The van der Waals surface area contributed by atoms with Gasteiger partial charge in [-0.15, -0.1) is 0 Å². The number of ether oxygens (including phenoxy) is 1. The molecule has 134 valence electrons. The summed E-state index contributed by atoms with van der Waals surface area (Å²) in [5, 5.41) is 0. The number of likely N-dealkylation sites (tertiary alicyclic amines) is 1. The predicted octanol–water partition coefficient (Wildman–Crippen LogP) is 3.86. The van der Waals surface area contributed by atoms with Crippen LogP contribution in [0.1, 0.15) is 37.6 Å². The summed E-state index contributed by atoms with van der Waals surface area (Å²) in [6.07, 6.45) is 8.26. The van der Waals surface area contributed by atoms with Crippen LogP contribution in [0.15, 0.2) is 36.7 Å². The Balaban J connectivity index is 1.48. The average molecular weight is 343 g/mol. The van der Waals surface area contributed by atoms with Crippen LogP contribution in [0.3, 0.4) is 0 Å². The summed E-state index contributed by atoms with van der Waals surface area (Å²) in [5.74, 6) is 1.93. The summed E-state index contributed by atoms with van der Waals surface area (Å²) in [4.78, 5) is 11.3. The molecule has 0 amide bonds. The molecule has 2 aromatic rings.